The van der Waals surface area contributed by atoms with Crippen LogP contribution in [-0.2, 0) is 0 Å². The first kappa shape index (κ1) is 7.67. The van der Waals surface area contributed by atoms with Crippen molar-refractivity contribution in [1.29, 1.82) is 0 Å². The molecule has 0 saturated carbocycles. The van der Waals surface area contributed by atoms with Crippen molar-refractivity contribution in [2.45, 2.75) is 12.2 Å². The lowest BCUT2D eigenvalue weighted by atomic mass is 10.0. The summed E-state index contributed by atoms with van der Waals surface area (Å²) in [5, 5.41) is 2.51. The number of rotatable bonds is 2. The lowest BCUT2D eigenvalue weighted by Gasteiger charge is -2.17. The molecule has 1 aliphatic rings. The molecule has 0 heterocycles. The van der Waals surface area contributed by atoms with Crippen molar-refractivity contribution in [3.05, 3.63) is 36.3 Å². The highest BCUT2D eigenvalue weighted by Crippen LogP contribution is 2.24. The largest absolute Gasteiger partial charge is 0.127 e. The van der Waals surface area contributed by atoms with Crippen LogP contribution in [0.5, 0.6) is 0 Å². The van der Waals surface area contributed by atoms with Crippen molar-refractivity contribution >= 4 is 11.8 Å². The van der Waals surface area contributed by atoms with E-state index in [0.717, 1.165) is 0 Å². The Labute approximate surface area is 66.7 Å². The minimum atomic E-state index is 0.600. The molecule has 10 heavy (non-hydrogen) atoms. The lowest BCUT2D eigenvalue weighted by molar-refractivity contribution is 0.754. The molecule has 0 saturated heterocycles. The first-order valence-corrected chi connectivity index (χ1v) is 4.40. The Morgan fingerprint density at radius 1 is 1.40 bits per heavy atom. The van der Waals surface area contributed by atoms with Crippen molar-refractivity contribution in [2.24, 2.45) is 5.92 Å². The zero-order valence-corrected chi connectivity index (χ0v) is 6.97. The Bertz CT molecular complexity index is 168. The van der Waals surface area contributed by atoms with Gasteiger partial charge < -0.3 is 0 Å². The molecule has 2 unspecified atom stereocenters. The summed E-state index contributed by atoms with van der Waals surface area (Å²) in [4.78, 5) is 0. The maximum atomic E-state index is 3.69. The van der Waals surface area contributed by atoms with E-state index in [4.69, 9.17) is 0 Å². The van der Waals surface area contributed by atoms with Crippen LogP contribution < -0.4 is 0 Å². The fourth-order valence-electron chi connectivity index (χ4n) is 0.978. The standard InChI is InChI=1S/C9H12S/c1-3-10-9-7-5-4-6-8(9)2/h3-9H,1H2,2H3. The van der Waals surface area contributed by atoms with Crippen LogP contribution in [0.1, 0.15) is 6.92 Å². The Morgan fingerprint density at radius 2 is 2.10 bits per heavy atom. The van der Waals surface area contributed by atoms with Gasteiger partial charge in [0.1, 0.15) is 0 Å². The quantitative estimate of drug-likeness (QED) is 0.586. The second kappa shape index (κ2) is 3.67. The molecule has 0 nitrogen and oxygen atoms in total. The molecule has 0 spiro atoms. The summed E-state index contributed by atoms with van der Waals surface area (Å²) < 4.78 is 0. The Hall–Kier alpha value is -0.430. The lowest BCUT2D eigenvalue weighted by Crippen LogP contribution is -2.09. The molecule has 0 bridgehead atoms. The molecule has 1 rings (SSSR count). The van der Waals surface area contributed by atoms with Gasteiger partial charge in [0, 0.05) is 5.25 Å². The SMILES string of the molecule is C=CSC1C=CC=CC1C. The van der Waals surface area contributed by atoms with Gasteiger partial charge in [-0.1, -0.05) is 37.8 Å². The van der Waals surface area contributed by atoms with Crippen LogP contribution in [0.15, 0.2) is 36.3 Å². The summed E-state index contributed by atoms with van der Waals surface area (Å²) in [5.41, 5.74) is 0. The molecule has 0 aliphatic heterocycles. The van der Waals surface area contributed by atoms with Gasteiger partial charge in [0.2, 0.25) is 0 Å². The molecule has 0 aromatic rings. The van der Waals surface area contributed by atoms with E-state index in [9.17, 15) is 0 Å². The zero-order valence-electron chi connectivity index (χ0n) is 6.16. The Morgan fingerprint density at radius 3 is 2.70 bits per heavy atom. The molecule has 54 valence electrons. The summed E-state index contributed by atoms with van der Waals surface area (Å²) in [6.45, 7) is 5.92. The smallest absolute Gasteiger partial charge is 0.0331 e. The third-order valence-electron chi connectivity index (χ3n) is 1.60. The van der Waals surface area contributed by atoms with Crippen LogP contribution in [0.2, 0.25) is 0 Å². The monoisotopic (exact) mass is 152 g/mol. The van der Waals surface area contributed by atoms with Crippen LogP contribution in [0, 0.1) is 5.92 Å². The van der Waals surface area contributed by atoms with E-state index in [0.29, 0.717) is 11.2 Å². The van der Waals surface area contributed by atoms with Gasteiger partial charge in [-0.05, 0) is 11.3 Å². The molecule has 0 aromatic carbocycles. The van der Waals surface area contributed by atoms with Crippen molar-refractivity contribution in [3.8, 4) is 0 Å². The van der Waals surface area contributed by atoms with Crippen LogP contribution in [-0.4, -0.2) is 5.25 Å². The van der Waals surface area contributed by atoms with Crippen LogP contribution in [0.25, 0.3) is 0 Å². The third-order valence-corrected chi connectivity index (χ3v) is 2.69. The van der Waals surface area contributed by atoms with Gasteiger partial charge in [0.15, 0.2) is 0 Å². The Balaban J connectivity index is 2.52. The van der Waals surface area contributed by atoms with E-state index in [-0.39, 0.29) is 0 Å². The molecule has 0 N–H and O–H groups in total. The molecule has 1 aliphatic carbocycles. The average Bonchev–Trinajstić information content (AvgIpc) is 1.94. The average molecular weight is 152 g/mol. The first-order chi connectivity index (χ1) is 4.84. The van der Waals surface area contributed by atoms with Crippen molar-refractivity contribution in [1.82, 2.24) is 0 Å². The number of allylic oxidation sites excluding steroid dienone is 3. The highest BCUT2D eigenvalue weighted by atomic mass is 32.2. The topological polar surface area (TPSA) is 0 Å². The van der Waals surface area contributed by atoms with E-state index in [1.165, 1.54) is 0 Å². The first-order valence-electron chi connectivity index (χ1n) is 3.46. The fourth-order valence-corrected chi connectivity index (χ4v) is 1.72. The second-order valence-corrected chi connectivity index (χ2v) is 3.55. The normalized spacial score (nSPS) is 30.5. The Kier molecular flexibility index (Phi) is 2.82. The highest BCUT2D eigenvalue weighted by molar-refractivity contribution is 8.02. The van der Waals surface area contributed by atoms with Gasteiger partial charge >= 0.3 is 0 Å². The van der Waals surface area contributed by atoms with Gasteiger partial charge in [-0.25, -0.2) is 0 Å². The van der Waals surface area contributed by atoms with E-state index in [1.54, 1.807) is 11.8 Å². The second-order valence-electron chi connectivity index (χ2n) is 2.40. The fraction of sp³-hybridized carbons (Fsp3) is 0.333. The maximum Gasteiger partial charge on any atom is 0.0331 e. The molecule has 0 amide bonds. The van der Waals surface area contributed by atoms with Gasteiger partial charge in [0.25, 0.3) is 0 Å². The van der Waals surface area contributed by atoms with Gasteiger partial charge in [-0.15, -0.1) is 11.8 Å². The summed E-state index contributed by atoms with van der Waals surface area (Å²) in [5.74, 6) is 0.646. The highest BCUT2D eigenvalue weighted by Gasteiger charge is 2.11. The minimum absolute atomic E-state index is 0.600. The summed E-state index contributed by atoms with van der Waals surface area (Å²) >= 11 is 1.79. The summed E-state index contributed by atoms with van der Waals surface area (Å²) in [6, 6.07) is 0. The zero-order chi connectivity index (χ0) is 7.40. The van der Waals surface area contributed by atoms with Crippen LogP contribution >= 0.6 is 11.8 Å². The molecule has 0 aromatic heterocycles. The van der Waals surface area contributed by atoms with E-state index < -0.39 is 0 Å². The van der Waals surface area contributed by atoms with E-state index in [1.807, 2.05) is 5.41 Å². The molecule has 2 atom stereocenters. The molecular weight excluding hydrogens is 140 g/mol. The van der Waals surface area contributed by atoms with Crippen molar-refractivity contribution in [2.75, 3.05) is 0 Å². The number of hydrogen-bond acceptors (Lipinski definition) is 1. The van der Waals surface area contributed by atoms with Gasteiger partial charge in [-0.2, -0.15) is 0 Å². The number of hydrogen-bond donors (Lipinski definition) is 0. The predicted molar refractivity (Wildman–Crippen MR) is 49.0 cm³/mol. The van der Waals surface area contributed by atoms with Gasteiger partial charge in [-0.3, -0.25) is 0 Å². The third kappa shape index (κ3) is 1.77. The van der Waals surface area contributed by atoms with Crippen LogP contribution in [0.4, 0.5) is 0 Å². The van der Waals surface area contributed by atoms with Crippen molar-refractivity contribution in [3.63, 3.8) is 0 Å². The van der Waals surface area contributed by atoms with Gasteiger partial charge in [0.05, 0.1) is 0 Å². The molecule has 0 fully saturated rings. The number of thioether (sulfide) groups is 1. The van der Waals surface area contributed by atoms with Crippen molar-refractivity contribution < 1.29 is 0 Å². The van der Waals surface area contributed by atoms with E-state index in [2.05, 4.69) is 37.8 Å². The minimum Gasteiger partial charge on any atom is -0.127 e. The molecule has 1 heteroatoms. The van der Waals surface area contributed by atoms with E-state index >= 15 is 0 Å². The summed E-state index contributed by atoms with van der Waals surface area (Å²) in [6.07, 6.45) is 8.64. The molecule has 0 radical (unpaired) electrons. The maximum absolute atomic E-state index is 3.69. The summed E-state index contributed by atoms with van der Waals surface area (Å²) in [7, 11) is 0. The van der Waals surface area contributed by atoms with Crippen LogP contribution in [0.3, 0.4) is 0 Å². The predicted octanol–water partition coefficient (Wildman–Crippen LogP) is 2.99. The molecular formula is C9H12S.